The number of sulfone groups is 1. The number of fused-ring (bicyclic) bond motifs is 1. The molecule has 0 amide bonds. The van der Waals surface area contributed by atoms with E-state index in [0.29, 0.717) is 11.4 Å². The van der Waals surface area contributed by atoms with Gasteiger partial charge in [0.2, 0.25) is 0 Å². The monoisotopic (exact) mass is 313 g/mol. The summed E-state index contributed by atoms with van der Waals surface area (Å²) in [5.41, 5.74) is 0.866. The highest BCUT2D eigenvalue weighted by Crippen LogP contribution is 2.33. The minimum absolute atomic E-state index is 0.130. The highest BCUT2D eigenvalue weighted by Gasteiger charge is 2.33. The van der Waals surface area contributed by atoms with Crippen molar-refractivity contribution in [3.63, 3.8) is 0 Å². The minimum Gasteiger partial charge on any atom is -0.304 e. The summed E-state index contributed by atoms with van der Waals surface area (Å²) in [6, 6.07) is 10.8. The molecule has 1 aliphatic rings. The van der Waals surface area contributed by atoms with E-state index in [1.807, 2.05) is 24.3 Å². The van der Waals surface area contributed by atoms with E-state index in [4.69, 9.17) is 11.6 Å². The van der Waals surface area contributed by atoms with E-state index in [1.54, 1.807) is 12.1 Å². The van der Waals surface area contributed by atoms with E-state index < -0.39 is 9.84 Å². The lowest BCUT2D eigenvalue weighted by Gasteiger charge is -2.11. The van der Waals surface area contributed by atoms with Gasteiger partial charge in [-0.15, -0.1) is 11.3 Å². The standard InChI is InChI=1S/C13H12ClNO2S2/c14-13-6-5-9(18-13)7-15-11-8-19(16,17)12-4-2-1-3-10(11)12/h1-6,11,15H,7-8H2. The first-order valence-corrected chi connectivity index (χ1v) is 8.70. The molecule has 19 heavy (non-hydrogen) atoms. The maximum Gasteiger partial charge on any atom is 0.180 e. The average Bonchev–Trinajstić information content (AvgIpc) is 2.90. The van der Waals surface area contributed by atoms with Crippen molar-refractivity contribution in [2.45, 2.75) is 17.5 Å². The fourth-order valence-corrected chi connectivity index (χ4v) is 5.10. The molecule has 2 aromatic rings. The van der Waals surface area contributed by atoms with Gasteiger partial charge in [-0.2, -0.15) is 0 Å². The zero-order valence-electron chi connectivity index (χ0n) is 9.97. The number of thiophene rings is 1. The molecule has 1 atom stereocenters. The van der Waals surface area contributed by atoms with Crippen LogP contribution in [-0.4, -0.2) is 14.2 Å². The Kier molecular flexibility index (Phi) is 3.39. The Labute approximate surface area is 121 Å². The molecule has 3 nitrogen and oxygen atoms in total. The van der Waals surface area contributed by atoms with Crippen LogP contribution in [0.1, 0.15) is 16.5 Å². The highest BCUT2D eigenvalue weighted by molar-refractivity contribution is 7.91. The summed E-state index contributed by atoms with van der Waals surface area (Å²) in [6.07, 6.45) is 0. The van der Waals surface area contributed by atoms with E-state index >= 15 is 0 Å². The van der Waals surface area contributed by atoms with Crippen LogP contribution in [0.2, 0.25) is 4.34 Å². The summed E-state index contributed by atoms with van der Waals surface area (Å²) in [6.45, 7) is 0.631. The number of hydrogen-bond donors (Lipinski definition) is 1. The lowest BCUT2D eigenvalue weighted by Crippen LogP contribution is -2.21. The normalized spacial score (nSPS) is 20.4. The predicted octanol–water partition coefficient (Wildman–Crippen LogP) is 3.02. The summed E-state index contributed by atoms with van der Waals surface area (Å²) < 4.78 is 24.8. The fourth-order valence-electron chi connectivity index (χ4n) is 2.29. The molecule has 0 spiro atoms. The molecular weight excluding hydrogens is 302 g/mol. The van der Waals surface area contributed by atoms with Crippen molar-refractivity contribution < 1.29 is 8.42 Å². The first-order valence-electron chi connectivity index (χ1n) is 5.85. The van der Waals surface area contributed by atoms with Crippen molar-refractivity contribution in [1.29, 1.82) is 0 Å². The molecule has 0 saturated carbocycles. The van der Waals surface area contributed by atoms with Crippen molar-refractivity contribution in [1.82, 2.24) is 5.32 Å². The van der Waals surface area contributed by atoms with Crippen LogP contribution in [0.15, 0.2) is 41.3 Å². The van der Waals surface area contributed by atoms with E-state index in [1.165, 1.54) is 11.3 Å². The topological polar surface area (TPSA) is 46.2 Å². The van der Waals surface area contributed by atoms with Crippen LogP contribution < -0.4 is 5.32 Å². The maximum atomic E-state index is 12.0. The second kappa shape index (κ2) is 4.90. The van der Waals surface area contributed by atoms with E-state index in [-0.39, 0.29) is 11.8 Å². The van der Waals surface area contributed by atoms with Crippen LogP contribution in [-0.2, 0) is 16.4 Å². The number of rotatable bonds is 3. The van der Waals surface area contributed by atoms with E-state index in [2.05, 4.69) is 5.32 Å². The number of benzene rings is 1. The molecule has 0 fully saturated rings. The molecule has 2 heterocycles. The summed E-state index contributed by atoms with van der Waals surface area (Å²) in [7, 11) is -3.14. The minimum atomic E-state index is -3.14. The van der Waals surface area contributed by atoms with E-state index in [0.717, 1.165) is 14.8 Å². The summed E-state index contributed by atoms with van der Waals surface area (Å²) in [4.78, 5) is 1.56. The Morgan fingerprint density at radius 1 is 1.26 bits per heavy atom. The molecule has 1 unspecified atom stereocenters. The van der Waals surface area contributed by atoms with Crippen LogP contribution >= 0.6 is 22.9 Å². The van der Waals surface area contributed by atoms with Gasteiger partial charge in [0, 0.05) is 17.5 Å². The number of nitrogens with one attached hydrogen (secondary N) is 1. The van der Waals surface area contributed by atoms with Crippen LogP contribution in [0, 0.1) is 0 Å². The largest absolute Gasteiger partial charge is 0.304 e. The molecule has 1 N–H and O–H groups in total. The van der Waals surface area contributed by atoms with Gasteiger partial charge in [0.15, 0.2) is 9.84 Å². The number of halogens is 1. The van der Waals surface area contributed by atoms with Gasteiger partial charge in [0.05, 0.1) is 15.0 Å². The first kappa shape index (κ1) is 13.1. The SMILES string of the molecule is O=S1(=O)CC(NCc2ccc(Cl)s2)c2ccccc21. The molecule has 1 aromatic carbocycles. The molecule has 100 valence electrons. The third-order valence-corrected chi connectivity index (χ3v) is 6.21. The fraction of sp³-hybridized carbons (Fsp3) is 0.231. The second-order valence-corrected chi connectivity index (χ2v) is 8.26. The zero-order valence-corrected chi connectivity index (χ0v) is 12.4. The Bertz CT molecular complexity index is 709. The number of hydrogen-bond acceptors (Lipinski definition) is 4. The summed E-state index contributed by atoms with van der Waals surface area (Å²) in [5, 5.41) is 3.30. The van der Waals surface area contributed by atoms with Crippen molar-refractivity contribution in [2.24, 2.45) is 0 Å². The van der Waals surface area contributed by atoms with Crippen LogP contribution in [0.25, 0.3) is 0 Å². The van der Waals surface area contributed by atoms with Crippen molar-refractivity contribution in [3.05, 3.63) is 51.2 Å². The predicted molar refractivity (Wildman–Crippen MR) is 77.4 cm³/mol. The van der Waals surface area contributed by atoms with Crippen molar-refractivity contribution >= 4 is 32.8 Å². The molecule has 1 aromatic heterocycles. The highest BCUT2D eigenvalue weighted by atomic mass is 35.5. The molecule has 0 bridgehead atoms. The molecule has 0 saturated heterocycles. The van der Waals surface area contributed by atoms with Gasteiger partial charge in [-0.1, -0.05) is 29.8 Å². The molecule has 1 aliphatic heterocycles. The van der Waals surface area contributed by atoms with E-state index in [9.17, 15) is 8.42 Å². The van der Waals surface area contributed by atoms with Crippen molar-refractivity contribution in [3.8, 4) is 0 Å². The lowest BCUT2D eigenvalue weighted by molar-refractivity contribution is 0.569. The summed E-state index contributed by atoms with van der Waals surface area (Å²) in [5.74, 6) is 0.130. The van der Waals surface area contributed by atoms with Gasteiger partial charge in [-0.05, 0) is 23.8 Å². The summed E-state index contributed by atoms with van der Waals surface area (Å²) >= 11 is 7.38. The average molecular weight is 314 g/mol. The zero-order chi connectivity index (χ0) is 13.5. The van der Waals surface area contributed by atoms with Crippen molar-refractivity contribution in [2.75, 3.05) is 5.75 Å². The molecule has 0 aliphatic carbocycles. The van der Waals surface area contributed by atoms with Gasteiger partial charge in [-0.3, -0.25) is 0 Å². The van der Waals surface area contributed by atoms with Crippen LogP contribution in [0.3, 0.4) is 0 Å². The van der Waals surface area contributed by atoms with Gasteiger partial charge in [0.25, 0.3) is 0 Å². The Balaban J connectivity index is 1.80. The Morgan fingerprint density at radius 3 is 2.79 bits per heavy atom. The smallest absolute Gasteiger partial charge is 0.180 e. The first-order chi connectivity index (χ1) is 9.06. The third-order valence-electron chi connectivity index (χ3n) is 3.17. The van der Waals surface area contributed by atoms with Crippen LogP contribution in [0.4, 0.5) is 0 Å². The molecular formula is C13H12ClNO2S2. The Morgan fingerprint density at radius 2 is 2.05 bits per heavy atom. The van der Waals surface area contributed by atoms with Gasteiger partial charge in [-0.25, -0.2) is 8.42 Å². The van der Waals surface area contributed by atoms with Gasteiger partial charge in [0.1, 0.15) is 0 Å². The maximum absolute atomic E-state index is 12.0. The van der Waals surface area contributed by atoms with Crippen LogP contribution in [0.5, 0.6) is 0 Å². The lowest BCUT2D eigenvalue weighted by atomic mass is 10.1. The quantitative estimate of drug-likeness (QED) is 0.947. The van der Waals surface area contributed by atoms with Gasteiger partial charge >= 0.3 is 0 Å². The molecule has 3 rings (SSSR count). The Hall–Kier alpha value is -0.880. The third kappa shape index (κ3) is 2.56. The molecule has 0 radical (unpaired) electrons. The molecule has 6 heteroatoms. The second-order valence-electron chi connectivity index (χ2n) is 4.46. The van der Waals surface area contributed by atoms with Gasteiger partial charge < -0.3 is 5.32 Å².